The van der Waals surface area contributed by atoms with Crippen molar-refractivity contribution in [1.82, 2.24) is 4.57 Å². The van der Waals surface area contributed by atoms with E-state index in [2.05, 4.69) is 29.0 Å². The summed E-state index contributed by atoms with van der Waals surface area (Å²) < 4.78 is 7.52. The van der Waals surface area contributed by atoms with Crippen molar-refractivity contribution >= 4 is 10.9 Å². The van der Waals surface area contributed by atoms with E-state index in [1.807, 2.05) is 19.2 Å². The van der Waals surface area contributed by atoms with E-state index in [0.29, 0.717) is 13.2 Å². The number of nitrogens with zero attached hydrogens (tertiary/aromatic N) is 2. The number of fused-ring (bicyclic) bond motifs is 1. The normalized spacial score (nSPS) is 18.7. The van der Waals surface area contributed by atoms with Gasteiger partial charge in [0.1, 0.15) is 0 Å². The van der Waals surface area contributed by atoms with Crippen molar-refractivity contribution in [3.8, 4) is 6.07 Å². The monoisotopic (exact) mass is 240 g/mol. The Balaban J connectivity index is 2.22. The number of aromatic nitrogens is 1. The van der Waals surface area contributed by atoms with Crippen LogP contribution in [0, 0.1) is 11.3 Å². The Bertz CT molecular complexity index is 615. The smallest absolute Gasteiger partial charge is 0.0886 e. The predicted octanol–water partition coefficient (Wildman–Crippen LogP) is 2.75. The highest BCUT2D eigenvalue weighted by Crippen LogP contribution is 2.38. The maximum atomic E-state index is 9.65. The van der Waals surface area contributed by atoms with Crippen molar-refractivity contribution in [2.45, 2.75) is 18.3 Å². The van der Waals surface area contributed by atoms with E-state index in [4.69, 9.17) is 4.74 Å². The lowest BCUT2D eigenvalue weighted by molar-refractivity contribution is 0.0679. The Kier molecular flexibility index (Phi) is 2.61. The average Bonchev–Trinajstić information content (AvgIpc) is 2.78. The minimum absolute atomic E-state index is 0.376. The van der Waals surface area contributed by atoms with Gasteiger partial charge in [-0.3, -0.25) is 0 Å². The summed E-state index contributed by atoms with van der Waals surface area (Å²) in [6.07, 6.45) is 3.69. The molecular formula is C15H16N2O. The molecule has 0 N–H and O–H groups in total. The van der Waals surface area contributed by atoms with Crippen LogP contribution in [0.2, 0.25) is 0 Å². The molecule has 0 aliphatic carbocycles. The lowest BCUT2D eigenvalue weighted by Crippen LogP contribution is -2.32. The number of hydrogen-bond donors (Lipinski definition) is 0. The second-order valence-electron chi connectivity index (χ2n) is 4.98. The Labute approximate surface area is 107 Å². The van der Waals surface area contributed by atoms with Gasteiger partial charge in [-0.15, -0.1) is 0 Å². The molecule has 92 valence electrons. The maximum Gasteiger partial charge on any atom is 0.0886 e. The maximum absolute atomic E-state index is 9.65. The fourth-order valence-electron chi connectivity index (χ4n) is 2.88. The average molecular weight is 240 g/mol. The molecule has 3 rings (SSSR count). The van der Waals surface area contributed by atoms with E-state index >= 15 is 0 Å². The zero-order valence-electron chi connectivity index (χ0n) is 10.5. The molecule has 1 aromatic heterocycles. The van der Waals surface area contributed by atoms with E-state index in [-0.39, 0.29) is 5.41 Å². The van der Waals surface area contributed by atoms with Crippen LogP contribution in [0.5, 0.6) is 0 Å². The van der Waals surface area contributed by atoms with Gasteiger partial charge in [0.15, 0.2) is 0 Å². The van der Waals surface area contributed by atoms with Gasteiger partial charge in [0, 0.05) is 37.4 Å². The summed E-state index contributed by atoms with van der Waals surface area (Å²) in [5, 5.41) is 10.8. The lowest BCUT2D eigenvalue weighted by Gasteiger charge is -2.30. The second-order valence-corrected chi connectivity index (χ2v) is 4.98. The van der Waals surface area contributed by atoms with Gasteiger partial charge >= 0.3 is 0 Å². The first-order chi connectivity index (χ1) is 8.77. The summed E-state index contributed by atoms with van der Waals surface area (Å²) in [5.74, 6) is 0. The first kappa shape index (κ1) is 11.3. The standard InChI is InChI=1S/C15H16N2O/c1-17-10-13(12-4-2-3-5-14(12)17)15(11-16)6-8-18-9-7-15/h2-5,10H,6-9H2,1H3. The molecule has 0 spiro atoms. The number of hydrogen-bond acceptors (Lipinski definition) is 2. The summed E-state index contributed by atoms with van der Waals surface area (Å²) in [4.78, 5) is 0. The molecule has 0 unspecified atom stereocenters. The molecule has 0 bridgehead atoms. The van der Waals surface area contributed by atoms with E-state index in [9.17, 15) is 5.26 Å². The number of rotatable bonds is 1. The van der Waals surface area contributed by atoms with Gasteiger partial charge < -0.3 is 9.30 Å². The number of para-hydroxylation sites is 1. The summed E-state index contributed by atoms with van der Waals surface area (Å²) >= 11 is 0. The topological polar surface area (TPSA) is 38.0 Å². The van der Waals surface area contributed by atoms with Gasteiger partial charge in [0.25, 0.3) is 0 Å². The summed E-state index contributed by atoms with van der Waals surface area (Å²) in [7, 11) is 2.04. The van der Waals surface area contributed by atoms with Crippen molar-refractivity contribution in [2.75, 3.05) is 13.2 Å². The van der Waals surface area contributed by atoms with Gasteiger partial charge in [-0.2, -0.15) is 5.26 Å². The van der Waals surface area contributed by atoms with Crippen molar-refractivity contribution in [2.24, 2.45) is 7.05 Å². The van der Waals surface area contributed by atoms with Crippen LogP contribution in [0.3, 0.4) is 0 Å². The van der Waals surface area contributed by atoms with Gasteiger partial charge in [-0.25, -0.2) is 0 Å². The predicted molar refractivity (Wildman–Crippen MR) is 70.3 cm³/mol. The third-order valence-corrected chi connectivity index (χ3v) is 3.97. The van der Waals surface area contributed by atoms with Gasteiger partial charge in [-0.05, 0) is 24.5 Å². The van der Waals surface area contributed by atoms with E-state index in [1.54, 1.807) is 0 Å². The number of benzene rings is 1. The molecule has 1 aromatic carbocycles. The van der Waals surface area contributed by atoms with E-state index in [1.165, 1.54) is 10.9 Å². The van der Waals surface area contributed by atoms with Crippen LogP contribution in [0.4, 0.5) is 0 Å². The SMILES string of the molecule is Cn1cc(C2(C#N)CCOCC2)c2ccccc21. The van der Waals surface area contributed by atoms with Crippen LogP contribution < -0.4 is 0 Å². The zero-order valence-corrected chi connectivity index (χ0v) is 10.5. The van der Waals surface area contributed by atoms with Crippen LogP contribution in [0.25, 0.3) is 10.9 Å². The molecule has 0 radical (unpaired) electrons. The van der Waals surface area contributed by atoms with Gasteiger partial charge in [-0.1, -0.05) is 18.2 Å². The summed E-state index contributed by atoms with van der Waals surface area (Å²) in [6, 6.07) is 10.8. The highest BCUT2D eigenvalue weighted by molar-refractivity contribution is 5.85. The number of aryl methyl sites for hydroxylation is 1. The molecule has 2 heterocycles. The molecule has 0 amide bonds. The fraction of sp³-hybridized carbons (Fsp3) is 0.400. The Morgan fingerprint density at radius 2 is 2.00 bits per heavy atom. The van der Waals surface area contributed by atoms with Gasteiger partial charge in [0.05, 0.1) is 11.5 Å². The molecule has 3 heteroatoms. The number of ether oxygens (including phenoxy) is 1. The van der Waals surface area contributed by atoms with Crippen molar-refractivity contribution in [3.63, 3.8) is 0 Å². The minimum Gasteiger partial charge on any atom is -0.381 e. The molecule has 3 nitrogen and oxygen atoms in total. The van der Waals surface area contributed by atoms with Gasteiger partial charge in [0.2, 0.25) is 0 Å². The molecule has 0 saturated carbocycles. The highest BCUT2D eigenvalue weighted by Gasteiger charge is 2.36. The molecule has 2 aromatic rings. The van der Waals surface area contributed by atoms with Crippen LogP contribution in [-0.2, 0) is 17.2 Å². The Morgan fingerprint density at radius 3 is 2.72 bits per heavy atom. The van der Waals surface area contributed by atoms with E-state index in [0.717, 1.165) is 18.4 Å². The Hall–Kier alpha value is -1.79. The molecule has 1 fully saturated rings. The molecule has 18 heavy (non-hydrogen) atoms. The Morgan fingerprint density at radius 1 is 1.28 bits per heavy atom. The summed E-state index contributed by atoms with van der Waals surface area (Å²) in [6.45, 7) is 1.35. The first-order valence-electron chi connectivity index (χ1n) is 6.30. The molecule has 0 atom stereocenters. The molecule has 1 aliphatic rings. The van der Waals surface area contributed by atoms with Crippen molar-refractivity contribution < 1.29 is 4.74 Å². The fourth-order valence-corrected chi connectivity index (χ4v) is 2.88. The highest BCUT2D eigenvalue weighted by atomic mass is 16.5. The first-order valence-corrected chi connectivity index (χ1v) is 6.30. The molecular weight excluding hydrogens is 224 g/mol. The van der Waals surface area contributed by atoms with Crippen LogP contribution >= 0.6 is 0 Å². The lowest BCUT2D eigenvalue weighted by atomic mass is 9.75. The second kappa shape index (κ2) is 4.15. The van der Waals surface area contributed by atoms with Crippen LogP contribution in [0.1, 0.15) is 18.4 Å². The zero-order chi connectivity index (χ0) is 12.6. The van der Waals surface area contributed by atoms with Crippen molar-refractivity contribution in [3.05, 3.63) is 36.0 Å². The number of nitriles is 1. The van der Waals surface area contributed by atoms with Crippen LogP contribution in [0.15, 0.2) is 30.5 Å². The van der Waals surface area contributed by atoms with E-state index < -0.39 is 0 Å². The quantitative estimate of drug-likeness (QED) is 0.768. The third-order valence-electron chi connectivity index (χ3n) is 3.97. The minimum atomic E-state index is -0.376. The van der Waals surface area contributed by atoms with Crippen LogP contribution in [-0.4, -0.2) is 17.8 Å². The van der Waals surface area contributed by atoms with Crippen molar-refractivity contribution in [1.29, 1.82) is 5.26 Å². The molecule has 1 saturated heterocycles. The summed E-state index contributed by atoms with van der Waals surface area (Å²) in [5.41, 5.74) is 1.97. The largest absolute Gasteiger partial charge is 0.381 e. The third kappa shape index (κ3) is 1.53. The molecule has 1 aliphatic heterocycles.